The van der Waals surface area contributed by atoms with Crippen LogP contribution in [0.4, 0.5) is 5.69 Å². The maximum atomic E-state index is 4.66. The third kappa shape index (κ3) is 4.28. The SMILES string of the molecule is Cc1ccc(CSc2nc3cc4c(cc3[nH]2)CCN4)nc1.Cl.Cl.Cl. The van der Waals surface area contributed by atoms with Crippen molar-refractivity contribution in [3.8, 4) is 0 Å². The monoisotopic (exact) mass is 404 g/mol. The summed E-state index contributed by atoms with van der Waals surface area (Å²) in [4.78, 5) is 12.5. The molecule has 1 aromatic carbocycles. The first kappa shape index (κ1) is 20.9. The Labute approximate surface area is 163 Å². The number of thioether (sulfide) groups is 1. The first-order valence-electron chi connectivity index (χ1n) is 7.09. The molecule has 2 aromatic heterocycles. The maximum absolute atomic E-state index is 4.66. The number of anilines is 1. The molecule has 1 aliphatic rings. The number of fused-ring (bicyclic) bond motifs is 2. The normalized spacial score (nSPS) is 11.7. The van der Waals surface area contributed by atoms with Crippen molar-refractivity contribution < 1.29 is 0 Å². The summed E-state index contributed by atoms with van der Waals surface area (Å²) in [6.45, 7) is 3.08. The summed E-state index contributed by atoms with van der Waals surface area (Å²) in [6, 6.07) is 8.52. The van der Waals surface area contributed by atoms with Crippen molar-refractivity contribution in [2.75, 3.05) is 11.9 Å². The van der Waals surface area contributed by atoms with Crippen LogP contribution in [0.1, 0.15) is 16.8 Å². The van der Waals surface area contributed by atoms with Crippen molar-refractivity contribution in [3.63, 3.8) is 0 Å². The van der Waals surface area contributed by atoms with Crippen molar-refractivity contribution in [2.24, 2.45) is 0 Å². The number of nitrogens with one attached hydrogen (secondary N) is 2. The predicted molar refractivity (Wildman–Crippen MR) is 109 cm³/mol. The van der Waals surface area contributed by atoms with E-state index in [4.69, 9.17) is 0 Å². The summed E-state index contributed by atoms with van der Waals surface area (Å²) >= 11 is 1.69. The molecule has 0 aliphatic carbocycles. The van der Waals surface area contributed by atoms with Crippen LogP contribution in [0.25, 0.3) is 11.0 Å². The van der Waals surface area contributed by atoms with Crippen LogP contribution in [0.3, 0.4) is 0 Å². The molecule has 0 fully saturated rings. The lowest BCUT2D eigenvalue weighted by Gasteiger charge is -1.98. The molecule has 0 bridgehead atoms. The van der Waals surface area contributed by atoms with Gasteiger partial charge in [0.2, 0.25) is 0 Å². The Morgan fingerprint density at radius 3 is 2.75 bits per heavy atom. The summed E-state index contributed by atoms with van der Waals surface area (Å²) < 4.78 is 0. The lowest BCUT2D eigenvalue weighted by molar-refractivity contribution is 1.07. The molecule has 0 unspecified atom stereocenters. The molecule has 24 heavy (non-hydrogen) atoms. The Morgan fingerprint density at radius 1 is 1.17 bits per heavy atom. The molecule has 0 saturated carbocycles. The van der Waals surface area contributed by atoms with Gasteiger partial charge in [0.15, 0.2) is 5.16 Å². The van der Waals surface area contributed by atoms with Gasteiger partial charge in [-0.15, -0.1) is 37.2 Å². The molecule has 2 N–H and O–H groups in total. The predicted octanol–water partition coefficient (Wildman–Crippen LogP) is 4.79. The van der Waals surface area contributed by atoms with Gasteiger partial charge >= 0.3 is 0 Å². The molecule has 4 nitrogen and oxygen atoms in total. The van der Waals surface area contributed by atoms with Crippen LogP contribution in [-0.4, -0.2) is 21.5 Å². The molecule has 130 valence electrons. The van der Waals surface area contributed by atoms with Crippen molar-refractivity contribution in [2.45, 2.75) is 24.3 Å². The van der Waals surface area contributed by atoms with Gasteiger partial charge in [0.05, 0.1) is 16.7 Å². The fourth-order valence-corrected chi connectivity index (χ4v) is 3.38. The number of hydrogen-bond donors (Lipinski definition) is 2. The molecular formula is C16H19Cl3N4S. The first-order valence-corrected chi connectivity index (χ1v) is 8.07. The molecule has 1 aliphatic heterocycles. The number of aromatic nitrogens is 3. The number of imidazole rings is 1. The van der Waals surface area contributed by atoms with E-state index in [2.05, 4.69) is 51.5 Å². The Bertz CT molecular complexity index is 764. The summed E-state index contributed by atoms with van der Waals surface area (Å²) in [5.41, 5.74) is 7.03. The fraction of sp³-hybridized carbons (Fsp3) is 0.250. The van der Waals surface area contributed by atoms with E-state index in [9.17, 15) is 0 Å². The average molecular weight is 406 g/mol. The van der Waals surface area contributed by atoms with E-state index in [1.807, 2.05) is 6.20 Å². The number of H-pyrrole nitrogens is 1. The van der Waals surface area contributed by atoms with Gasteiger partial charge < -0.3 is 10.3 Å². The third-order valence-corrected chi connectivity index (χ3v) is 4.63. The molecule has 0 amide bonds. The Kier molecular flexibility index (Phi) is 7.67. The van der Waals surface area contributed by atoms with Crippen LogP contribution in [-0.2, 0) is 12.2 Å². The van der Waals surface area contributed by atoms with E-state index in [1.54, 1.807) is 11.8 Å². The number of aromatic amines is 1. The highest BCUT2D eigenvalue weighted by Gasteiger charge is 2.13. The van der Waals surface area contributed by atoms with E-state index in [1.165, 1.54) is 16.8 Å². The number of halogens is 3. The minimum atomic E-state index is 0. The molecule has 0 saturated heterocycles. The highest BCUT2D eigenvalue weighted by molar-refractivity contribution is 7.98. The minimum Gasteiger partial charge on any atom is -0.384 e. The van der Waals surface area contributed by atoms with Crippen molar-refractivity contribution >= 4 is 65.7 Å². The number of pyridine rings is 1. The molecule has 3 heterocycles. The second-order valence-corrected chi connectivity index (χ2v) is 6.32. The molecule has 0 atom stereocenters. The van der Waals surface area contributed by atoms with E-state index in [0.29, 0.717) is 0 Å². The van der Waals surface area contributed by atoms with Crippen LogP contribution >= 0.6 is 49.0 Å². The highest BCUT2D eigenvalue weighted by atomic mass is 35.5. The summed E-state index contributed by atoms with van der Waals surface area (Å²) in [5.74, 6) is 0.831. The largest absolute Gasteiger partial charge is 0.384 e. The fourth-order valence-electron chi connectivity index (χ4n) is 2.58. The standard InChI is InChI=1S/C16H16N4S.3ClH/c1-10-2-3-12(18-8-10)9-21-16-19-14-6-11-4-5-17-13(11)7-15(14)20-16;;;/h2-3,6-8,17H,4-5,9H2,1H3,(H,19,20);3*1H. The zero-order chi connectivity index (χ0) is 14.2. The molecule has 8 heteroatoms. The Balaban J connectivity index is 0.000000960. The van der Waals surface area contributed by atoms with Crippen LogP contribution in [0, 0.1) is 6.92 Å². The number of hydrogen-bond acceptors (Lipinski definition) is 4. The van der Waals surface area contributed by atoms with Gasteiger partial charge in [-0.05, 0) is 42.7 Å². The van der Waals surface area contributed by atoms with E-state index < -0.39 is 0 Å². The molecule has 4 rings (SSSR count). The second-order valence-electron chi connectivity index (χ2n) is 5.36. The zero-order valence-corrected chi connectivity index (χ0v) is 16.3. The topological polar surface area (TPSA) is 53.6 Å². The van der Waals surface area contributed by atoms with Gasteiger partial charge in [-0.25, -0.2) is 4.98 Å². The van der Waals surface area contributed by atoms with Gasteiger partial charge in [-0.2, -0.15) is 0 Å². The Morgan fingerprint density at radius 2 is 2.00 bits per heavy atom. The van der Waals surface area contributed by atoms with E-state index in [0.717, 1.165) is 40.6 Å². The number of nitrogens with zero attached hydrogens (tertiary/aromatic N) is 2. The van der Waals surface area contributed by atoms with Crippen LogP contribution in [0.15, 0.2) is 35.6 Å². The van der Waals surface area contributed by atoms with Gasteiger partial charge in [0.1, 0.15) is 0 Å². The minimum absolute atomic E-state index is 0. The number of aryl methyl sites for hydroxylation is 1. The lowest BCUT2D eigenvalue weighted by Crippen LogP contribution is -1.90. The molecule has 3 aromatic rings. The maximum Gasteiger partial charge on any atom is 0.166 e. The van der Waals surface area contributed by atoms with Gasteiger partial charge in [0, 0.05) is 24.2 Å². The number of rotatable bonds is 3. The highest BCUT2D eigenvalue weighted by Crippen LogP contribution is 2.29. The molecule has 0 spiro atoms. The van der Waals surface area contributed by atoms with Crippen molar-refractivity contribution in [1.29, 1.82) is 0 Å². The van der Waals surface area contributed by atoms with Crippen LogP contribution in [0.5, 0.6) is 0 Å². The van der Waals surface area contributed by atoms with Gasteiger partial charge in [-0.3, -0.25) is 4.98 Å². The van der Waals surface area contributed by atoms with Gasteiger partial charge in [-0.1, -0.05) is 17.8 Å². The zero-order valence-electron chi connectivity index (χ0n) is 13.0. The van der Waals surface area contributed by atoms with Crippen LogP contribution < -0.4 is 5.32 Å². The quantitative estimate of drug-likeness (QED) is 0.615. The third-order valence-electron chi connectivity index (χ3n) is 3.72. The smallest absolute Gasteiger partial charge is 0.166 e. The van der Waals surface area contributed by atoms with Gasteiger partial charge in [0.25, 0.3) is 0 Å². The second kappa shape index (κ2) is 8.81. The summed E-state index contributed by atoms with van der Waals surface area (Å²) in [6.07, 6.45) is 3.00. The molecule has 0 radical (unpaired) electrons. The summed E-state index contributed by atoms with van der Waals surface area (Å²) in [5, 5.41) is 4.35. The van der Waals surface area contributed by atoms with Crippen molar-refractivity contribution in [3.05, 3.63) is 47.3 Å². The first-order chi connectivity index (χ1) is 10.3. The number of benzene rings is 1. The molecular weight excluding hydrogens is 387 g/mol. The lowest BCUT2D eigenvalue weighted by atomic mass is 10.1. The average Bonchev–Trinajstić information content (AvgIpc) is 3.09. The van der Waals surface area contributed by atoms with Crippen LogP contribution in [0.2, 0.25) is 0 Å². The summed E-state index contributed by atoms with van der Waals surface area (Å²) in [7, 11) is 0. The van der Waals surface area contributed by atoms with Crippen molar-refractivity contribution in [1.82, 2.24) is 15.0 Å². The van der Waals surface area contributed by atoms with E-state index >= 15 is 0 Å². The Hall–Kier alpha value is -1.14. The van der Waals surface area contributed by atoms with E-state index in [-0.39, 0.29) is 37.2 Å².